The molecule has 0 radical (unpaired) electrons. The number of nitrogens with zero attached hydrogens (tertiary/aromatic N) is 3. The zero-order chi connectivity index (χ0) is 21.6. The number of aryl methyl sites for hydroxylation is 1. The van der Waals surface area contributed by atoms with Crippen molar-refractivity contribution in [2.24, 2.45) is 0 Å². The second-order valence-electron chi connectivity index (χ2n) is 7.42. The maximum absolute atomic E-state index is 12.3. The maximum Gasteiger partial charge on any atom is 0.337 e. The Morgan fingerprint density at radius 3 is 2.52 bits per heavy atom. The summed E-state index contributed by atoms with van der Waals surface area (Å²) in [6, 6.07) is 14.5. The van der Waals surface area contributed by atoms with Crippen LogP contribution in [0.2, 0.25) is 0 Å². The van der Waals surface area contributed by atoms with Gasteiger partial charge in [-0.25, -0.2) is 4.79 Å². The Labute approximate surface area is 180 Å². The molecule has 0 saturated carbocycles. The van der Waals surface area contributed by atoms with E-state index in [4.69, 9.17) is 0 Å². The number of hydrogen-bond acceptors (Lipinski definition) is 5. The molecule has 1 aliphatic rings. The van der Waals surface area contributed by atoms with Crippen LogP contribution in [-0.2, 0) is 22.5 Å². The van der Waals surface area contributed by atoms with E-state index in [9.17, 15) is 9.59 Å². The largest absolute Gasteiger partial charge is 0.465 e. The summed E-state index contributed by atoms with van der Waals surface area (Å²) < 4.78 is 6.88. The van der Waals surface area contributed by atoms with E-state index in [0.29, 0.717) is 11.3 Å². The number of nitrogens with one attached hydrogen (secondary N) is 1. The van der Waals surface area contributed by atoms with Gasteiger partial charge in [0.1, 0.15) is 5.82 Å². The van der Waals surface area contributed by atoms with Crippen LogP contribution in [0.3, 0.4) is 0 Å². The van der Waals surface area contributed by atoms with Crippen LogP contribution >= 0.6 is 0 Å². The summed E-state index contributed by atoms with van der Waals surface area (Å²) in [6.45, 7) is 0.946. The summed E-state index contributed by atoms with van der Waals surface area (Å²) in [7, 11) is 1.34. The number of carbonyl (C=O) groups excluding carboxylic acids is 2. The highest BCUT2D eigenvalue weighted by Gasteiger charge is 2.15. The first kappa shape index (κ1) is 20.5. The minimum absolute atomic E-state index is 0.235. The molecule has 2 heterocycles. The van der Waals surface area contributed by atoms with E-state index in [-0.39, 0.29) is 11.9 Å². The van der Waals surface area contributed by atoms with E-state index >= 15 is 0 Å². The van der Waals surface area contributed by atoms with Crippen LogP contribution in [0, 0.1) is 0 Å². The molecule has 0 atom stereocenters. The number of hydrogen-bond donors (Lipinski definition) is 1. The number of amides is 1. The third-order valence-corrected chi connectivity index (χ3v) is 5.28. The fraction of sp³-hybridized carbons (Fsp3) is 0.250. The lowest BCUT2D eigenvalue weighted by Crippen LogP contribution is -2.07. The maximum atomic E-state index is 12.3. The monoisotopic (exact) mass is 416 g/mol. The average molecular weight is 416 g/mol. The number of fused-ring (bicyclic) bond motifs is 1. The van der Waals surface area contributed by atoms with E-state index in [2.05, 4.69) is 24.8 Å². The van der Waals surface area contributed by atoms with Gasteiger partial charge in [0.2, 0.25) is 5.91 Å². The second-order valence-corrected chi connectivity index (χ2v) is 7.42. The van der Waals surface area contributed by atoms with Crippen molar-refractivity contribution in [3.8, 4) is 11.4 Å². The number of rotatable bonds is 5. The van der Waals surface area contributed by atoms with Crippen molar-refractivity contribution >= 4 is 23.6 Å². The Hall–Kier alpha value is -3.74. The van der Waals surface area contributed by atoms with Gasteiger partial charge in [-0.1, -0.05) is 18.6 Å². The van der Waals surface area contributed by atoms with E-state index in [1.165, 1.54) is 19.6 Å². The molecule has 158 valence electrons. The van der Waals surface area contributed by atoms with Gasteiger partial charge >= 0.3 is 5.97 Å². The van der Waals surface area contributed by atoms with E-state index < -0.39 is 0 Å². The first-order valence-electron chi connectivity index (χ1n) is 10.3. The van der Waals surface area contributed by atoms with Gasteiger partial charge in [-0.05, 0) is 60.9 Å². The first-order chi connectivity index (χ1) is 15.1. The smallest absolute Gasteiger partial charge is 0.337 e. The topological polar surface area (TPSA) is 86.1 Å². The van der Waals surface area contributed by atoms with Gasteiger partial charge in [-0.15, -0.1) is 10.2 Å². The van der Waals surface area contributed by atoms with Gasteiger partial charge in [-0.2, -0.15) is 0 Å². The lowest BCUT2D eigenvalue weighted by Gasteiger charge is -2.08. The summed E-state index contributed by atoms with van der Waals surface area (Å²) >= 11 is 0. The van der Waals surface area contributed by atoms with Crippen LogP contribution in [0.5, 0.6) is 0 Å². The quantitative estimate of drug-likeness (QED) is 0.500. The number of methoxy groups -OCH3 is 1. The normalized spacial score (nSPS) is 13.5. The van der Waals surface area contributed by atoms with Gasteiger partial charge in [0.25, 0.3) is 0 Å². The lowest BCUT2D eigenvalue weighted by atomic mass is 10.1. The molecule has 7 nitrogen and oxygen atoms in total. The Bertz CT molecular complexity index is 1100. The number of ether oxygens (including phenoxy) is 1. The highest BCUT2D eigenvalue weighted by molar-refractivity contribution is 6.02. The highest BCUT2D eigenvalue weighted by atomic mass is 16.5. The number of benzene rings is 2. The number of aromatic nitrogens is 3. The molecule has 2 aromatic carbocycles. The van der Waals surface area contributed by atoms with E-state index in [0.717, 1.165) is 48.6 Å². The average Bonchev–Trinajstić information content (AvgIpc) is 3.06. The summed E-state index contributed by atoms with van der Waals surface area (Å²) in [5.41, 5.74) is 2.97. The van der Waals surface area contributed by atoms with Crippen LogP contribution < -0.4 is 5.32 Å². The molecule has 0 bridgehead atoms. The summed E-state index contributed by atoms with van der Waals surface area (Å²) in [5.74, 6) is 1.31. The van der Waals surface area contributed by atoms with Crippen LogP contribution in [0.1, 0.15) is 41.0 Å². The highest BCUT2D eigenvalue weighted by Crippen LogP contribution is 2.24. The molecule has 0 spiro atoms. The van der Waals surface area contributed by atoms with Crippen molar-refractivity contribution in [2.75, 3.05) is 12.4 Å². The van der Waals surface area contributed by atoms with Crippen LogP contribution in [-0.4, -0.2) is 33.8 Å². The molecule has 3 aromatic rings. The predicted molar refractivity (Wildman–Crippen MR) is 118 cm³/mol. The van der Waals surface area contributed by atoms with E-state index in [1.807, 2.05) is 24.3 Å². The SMILES string of the molecule is COC(=O)c1ccc(/C=C/C(=O)Nc2ccc(-c3nnc4n3CCCCC4)cc2)cc1. The molecular weight excluding hydrogens is 392 g/mol. The number of carbonyl (C=O) groups is 2. The Balaban J connectivity index is 1.39. The third kappa shape index (κ3) is 4.88. The van der Waals surface area contributed by atoms with Crippen LogP contribution in [0.15, 0.2) is 54.6 Å². The van der Waals surface area contributed by atoms with Crippen LogP contribution in [0.4, 0.5) is 5.69 Å². The molecule has 0 aliphatic carbocycles. The van der Waals surface area contributed by atoms with Gasteiger partial charge in [0, 0.05) is 30.3 Å². The van der Waals surface area contributed by atoms with Gasteiger partial charge in [0.15, 0.2) is 5.82 Å². The van der Waals surface area contributed by atoms with Gasteiger partial charge < -0.3 is 14.6 Å². The fourth-order valence-corrected chi connectivity index (χ4v) is 3.61. The molecule has 1 amide bonds. The zero-order valence-electron chi connectivity index (χ0n) is 17.4. The number of esters is 1. The lowest BCUT2D eigenvalue weighted by molar-refractivity contribution is -0.111. The number of anilines is 1. The van der Waals surface area contributed by atoms with Crippen molar-refractivity contribution in [2.45, 2.75) is 32.2 Å². The van der Waals surface area contributed by atoms with Gasteiger partial charge in [-0.3, -0.25) is 4.79 Å². The molecule has 7 heteroatoms. The molecule has 4 rings (SSSR count). The minimum atomic E-state index is -0.390. The van der Waals surface area contributed by atoms with Crippen LogP contribution in [0.25, 0.3) is 17.5 Å². The van der Waals surface area contributed by atoms with Crippen molar-refractivity contribution in [3.63, 3.8) is 0 Å². The van der Waals surface area contributed by atoms with Crippen molar-refractivity contribution in [1.82, 2.24) is 14.8 Å². The van der Waals surface area contributed by atoms with Crippen molar-refractivity contribution in [3.05, 3.63) is 71.6 Å². The molecule has 1 N–H and O–H groups in total. The molecule has 0 fully saturated rings. The molecule has 1 aromatic heterocycles. The van der Waals surface area contributed by atoms with Crippen molar-refractivity contribution < 1.29 is 14.3 Å². The molecule has 0 saturated heterocycles. The standard InChI is InChI=1S/C24H24N4O3/c1-31-24(30)19-9-6-17(7-10-19)8-15-22(29)25-20-13-11-18(12-14-20)23-27-26-21-5-3-2-4-16-28(21)23/h6-15H,2-5,16H2,1H3,(H,25,29)/b15-8+. The van der Waals surface area contributed by atoms with Gasteiger partial charge in [0.05, 0.1) is 12.7 Å². The molecule has 31 heavy (non-hydrogen) atoms. The Morgan fingerprint density at radius 1 is 1.00 bits per heavy atom. The predicted octanol–water partition coefficient (Wildman–Crippen LogP) is 4.11. The first-order valence-corrected chi connectivity index (χ1v) is 10.3. The van der Waals surface area contributed by atoms with Crippen molar-refractivity contribution in [1.29, 1.82) is 0 Å². The zero-order valence-corrected chi connectivity index (χ0v) is 17.4. The Kier molecular flexibility index (Phi) is 6.21. The third-order valence-electron chi connectivity index (χ3n) is 5.28. The second kappa shape index (κ2) is 9.38. The summed E-state index contributed by atoms with van der Waals surface area (Å²) in [6.07, 6.45) is 7.64. The summed E-state index contributed by atoms with van der Waals surface area (Å²) in [4.78, 5) is 23.7. The molecule has 1 aliphatic heterocycles. The molecule has 0 unspecified atom stereocenters. The molecular formula is C24H24N4O3. The minimum Gasteiger partial charge on any atom is -0.465 e. The fourth-order valence-electron chi connectivity index (χ4n) is 3.61. The summed E-state index contributed by atoms with van der Waals surface area (Å²) in [5, 5.41) is 11.6. The Morgan fingerprint density at radius 2 is 1.77 bits per heavy atom. The van der Waals surface area contributed by atoms with E-state index in [1.54, 1.807) is 30.3 Å².